The summed E-state index contributed by atoms with van der Waals surface area (Å²) in [5.74, 6) is -0.0501. The van der Waals surface area contributed by atoms with Gasteiger partial charge >= 0.3 is 0 Å². The number of aromatic nitrogens is 1. The molecule has 5 heteroatoms. The Morgan fingerprint density at radius 3 is 2.35 bits per heavy atom. The molecule has 4 nitrogen and oxygen atoms in total. The minimum absolute atomic E-state index is 0. The first-order valence-electron chi connectivity index (χ1n) is 6.20. The van der Waals surface area contributed by atoms with Crippen molar-refractivity contribution in [3.63, 3.8) is 0 Å². The fraction of sp³-hybridized carbons (Fsp3) is 0.267. The van der Waals surface area contributed by atoms with E-state index >= 15 is 0 Å². The van der Waals surface area contributed by atoms with Crippen LogP contribution in [0.15, 0.2) is 41.2 Å². The number of nitrogens with zero attached hydrogens (tertiary/aromatic N) is 1. The summed E-state index contributed by atoms with van der Waals surface area (Å²) >= 11 is 0. The van der Waals surface area contributed by atoms with Gasteiger partial charge in [-0.1, -0.05) is 30.3 Å². The van der Waals surface area contributed by atoms with Gasteiger partial charge in [-0.3, -0.25) is 14.3 Å². The summed E-state index contributed by atoms with van der Waals surface area (Å²) in [5.41, 5.74) is 2.43. The number of aromatic hydroxyl groups is 1. The second-order valence-corrected chi connectivity index (χ2v) is 5.34. The van der Waals surface area contributed by atoms with Crippen molar-refractivity contribution in [1.82, 2.24) is 9.47 Å². The molecule has 2 N–H and O–H groups in total. The summed E-state index contributed by atoms with van der Waals surface area (Å²) in [7, 11) is 4.01. The lowest BCUT2D eigenvalue weighted by atomic mass is 10.1. The molecule has 0 unspecified atom stereocenters. The number of hydrogen-bond donors (Lipinski definition) is 2. The van der Waals surface area contributed by atoms with Gasteiger partial charge in [0.05, 0.1) is 14.1 Å². The van der Waals surface area contributed by atoms with Crippen LogP contribution in [0, 0.1) is 6.92 Å². The van der Waals surface area contributed by atoms with Crippen molar-refractivity contribution in [3.8, 4) is 5.88 Å². The first kappa shape index (κ1) is 16.3. The number of rotatable bonds is 3. The molecule has 0 radical (unpaired) electrons. The van der Waals surface area contributed by atoms with Gasteiger partial charge in [-0.15, -0.1) is 0 Å². The fourth-order valence-corrected chi connectivity index (χ4v) is 2.55. The van der Waals surface area contributed by atoms with Crippen molar-refractivity contribution in [2.24, 2.45) is 0 Å². The Kier molecular flexibility index (Phi) is 4.98. The van der Waals surface area contributed by atoms with Crippen molar-refractivity contribution < 1.29 is 17.5 Å². The van der Waals surface area contributed by atoms with Crippen LogP contribution in [-0.4, -0.2) is 24.2 Å². The molecule has 0 bridgehead atoms. The standard InChI is InChI=1S/C15H18N2O2.ClH/c1-11-9-13(18)16-15(19)14(11)17(2,3)10-12-7-5-4-6-8-12;/h4-9H,10H2,1-3H3,(H-,16,18,19);1H. The van der Waals surface area contributed by atoms with Gasteiger partial charge < -0.3 is 17.5 Å². The lowest BCUT2D eigenvalue weighted by Crippen LogP contribution is -3.00. The van der Waals surface area contributed by atoms with E-state index in [-0.39, 0.29) is 23.8 Å². The number of quaternary nitrogens is 1. The maximum atomic E-state index is 11.3. The van der Waals surface area contributed by atoms with Crippen LogP contribution >= 0.6 is 0 Å². The zero-order chi connectivity index (χ0) is 14.0. The number of aromatic amines is 1. The Morgan fingerprint density at radius 1 is 1.20 bits per heavy atom. The van der Waals surface area contributed by atoms with Crippen LogP contribution in [0.5, 0.6) is 5.88 Å². The van der Waals surface area contributed by atoms with Gasteiger partial charge in [0.15, 0.2) is 5.69 Å². The van der Waals surface area contributed by atoms with E-state index in [0.717, 1.165) is 17.8 Å². The molecule has 0 fully saturated rings. The Balaban J connectivity index is 0.00000200. The molecule has 1 aromatic carbocycles. The molecule has 0 saturated carbocycles. The summed E-state index contributed by atoms with van der Waals surface area (Å²) < 4.78 is 0.471. The molecular weight excluding hydrogens is 276 g/mol. The van der Waals surface area contributed by atoms with E-state index in [2.05, 4.69) is 17.1 Å². The lowest BCUT2D eigenvalue weighted by Gasteiger charge is -2.30. The smallest absolute Gasteiger partial charge is 0.255 e. The van der Waals surface area contributed by atoms with Crippen LogP contribution in [-0.2, 0) is 6.54 Å². The summed E-state index contributed by atoms with van der Waals surface area (Å²) in [4.78, 5) is 13.8. The van der Waals surface area contributed by atoms with Gasteiger partial charge in [0.1, 0.15) is 6.54 Å². The predicted octanol–water partition coefficient (Wildman–Crippen LogP) is -0.840. The summed E-state index contributed by atoms with van der Waals surface area (Å²) in [6.07, 6.45) is 0. The normalized spacial score (nSPS) is 10.9. The van der Waals surface area contributed by atoms with Crippen LogP contribution in [0.4, 0.5) is 5.69 Å². The SMILES string of the molecule is Cc1cc(=O)[nH]c(O)c1[N+](C)(C)Cc1ccccc1.[Cl-]. The van der Waals surface area contributed by atoms with E-state index in [1.165, 1.54) is 11.6 Å². The third-order valence-electron chi connectivity index (χ3n) is 3.21. The van der Waals surface area contributed by atoms with Crippen molar-refractivity contribution >= 4 is 5.69 Å². The summed E-state index contributed by atoms with van der Waals surface area (Å²) in [5, 5.41) is 10.0. The molecule has 0 atom stereocenters. The summed E-state index contributed by atoms with van der Waals surface area (Å²) in [6, 6.07) is 11.6. The molecule has 0 aliphatic heterocycles. The molecular formula is C15H19ClN2O2. The maximum Gasteiger partial charge on any atom is 0.255 e. The van der Waals surface area contributed by atoms with Gasteiger partial charge in [0.25, 0.3) is 11.4 Å². The van der Waals surface area contributed by atoms with Gasteiger partial charge in [-0.2, -0.15) is 0 Å². The first-order chi connectivity index (χ1) is 8.90. The average Bonchev–Trinajstić information content (AvgIpc) is 2.27. The topological polar surface area (TPSA) is 53.1 Å². The van der Waals surface area contributed by atoms with Crippen molar-refractivity contribution in [2.45, 2.75) is 13.5 Å². The van der Waals surface area contributed by atoms with E-state index in [1.54, 1.807) is 0 Å². The Morgan fingerprint density at radius 2 is 1.80 bits per heavy atom. The molecule has 1 heterocycles. The second kappa shape index (κ2) is 6.11. The van der Waals surface area contributed by atoms with E-state index in [1.807, 2.05) is 39.2 Å². The molecule has 0 amide bonds. The fourth-order valence-electron chi connectivity index (χ4n) is 2.55. The molecule has 2 aromatic rings. The van der Waals surface area contributed by atoms with Crippen LogP contribution in [0.25, 0.3) is 0 Å². The highest BCUT2D eigenvalue weighted by molar-refractivity contribution is 5.56. The number of pyridine rings is 1. The molecule has 0 aliphatic rings. The highest BCUT2D eigenvalue weighted by Gasteiger charge is 2.26. The van der Waals surface area contributed by atoms with Crippen LogP contribution < -0.4 is 22.4 Å². The van der Waals surface area contributed by atoms with Gasteiger partial charge in [-0.25, -0.2) is 0 Å². The number of hydrogen-bond acceptors (Lipinski definition) is 2. The monoisotopic (exact) mass is 294 g/mol. The van der Waals surface area contributed by atoms with Gasteiger partial charge in [-0.05, 0) is 6.92 Å². The zero-order valence-corrected chi connectivity index (χ0v) is 12.6. The average molecular weight is 295 g/mol. The third-order valence-corrected chi connectivity index (χ3v) is 3.21. The number of benzene rings is 1. The molecule has 1 aromatic heterocycles. The lowest BCUT2D eigenvalue weighted by molar-refractivity contribution is -0.00000568. The van der Waals surface area contributed by atoms with Crippen LogP contribution in [0.3, 0.4) is 0 Å². The van der Waals surface area contributed by atoms with E-state index in [9.17, 15) is 9.90 Å². The minimum atomic E-state index is -0.279. The number of aryl methyl sites for hydroxylation is 1. The van der Waals surface area contributed by atoms with Crippen LogP contribution in [0.1, 0.15) is 11.1 Å². The Bertz CT molecular complexity index is 610. The first-order valence-corrected chi connectivity index (χ1v) is 6.20. The quantitative estimate of drug-likeness (QED) is 0.726. The van der Waals surface area contributed by atoms with E-state index in [0.29, 0.717) is 4.48 Å². The largest absolute Gasteiger partial charge is 1.00 e. The van der Waals surface area contributed by atoms with Crippen LogP contribution in [0.2, 0.25) is 0 Å². The minimum Gasteiger partial charge on any atom is -1.00 e. The Hall–Kier alpha value is -1.78. The number of H-pyrrole nitrogens is 1. The summed E-state index contributed by atoms with van der Waals surface area (Å²) in [6.45, 7) is 2.58. The van der Waals surface area contributed by atoms with Crippen molar-refractivity contribution in [3.05, 3.63) is 57.9 Å². The molecule has 0 saturated heterocycles. The van der Waals surface area contributed by atoms with Gasteiger partial charge in [0, 0.05) is 17.2 Å². The third kappa shape index (κ3) is 3.40. The number of nitrogens with one attached hydrogen (secondary N) is 1. The second-order valence-electron chi connectivity index (χ2n) is 5.34. The highest BCUT2D eigenvalue weighted by Crippen LogP contribution is 2.32. The number of halogens is 1. The molecule has 108 valence electrons. The molecule has 20 heavy (non-hydrogen) atoms. The predicted molar refractivity (Wildman–Crippen MR) is 77.3 cm³/mol. The maximum absolute atomic E-state index is 11.3. The Labute approximate surface area is 124 Å². The highest BCUT2D eigenvalue weighted by atomic mass is 35.5. The molecule has 2 rings (SSSR count). The van der Waals surface area contributed by atoms with E-state index < -0.39 is 0 Å². The van der Waals surface area contributed by atoms with Crippen molar-refractivity contribution in [2.75, 3.05) is 14.1 Å². The molecule has 0 spiro atoms. The van der Waals surface area contributed by atoms with Gasteiger partial charge in [0.2, 0.25) is 0 Å². The van der Waals surface area contributed by atoms with Crippen molar-refractivity contribution in [1.29, 1.82) is 0 Å². The molecule has 0 aliphatic carbocycles. The van der Waals surface area contributed by atoms with E-state index in [4.69, 9.17) is 0 Å². The zero-order valence-electron chi connectivity index (χ0n) is 11.9.